The highest BCUT2D eigenvalue weighted by atomic mass is 32.2. The number of furan rings is 1. The molecule has 0 aliphatic carbocycles. The van der Waals surface area contributed by atoms with Crippen molar-refractivity contribution >= 4 is 23.7 Å². The number of hydrogen-bond acceptors (Lipinski definition) is 6. The summed E-state index contributed by atoms with van der Waals surface area (Å²) in [4.78, 5) is 23.3. The Kier molecular flexibility index (Phi) is 5.59. The largest absolute Gasteiger partial charge is 0.467 e. The van der Waals surface area contributed by atoms with Crippen molar-refractivity contribution in [2.45, 2.75) is 30.8 Å². The first-order valence-corrected chi connectivity index (χ1v) is 7.63. The van der Waals surface area contributed by atoms with Crippen molar-refractivity contribution in [3.05, 3.63) is 30.5 Å². The van der Waals surface area contributed by atoms with Crippen LogP contribution in [0, 0.1) is 0 Å². The molecular formula is C13H17N5O3S. The van der Waals surface area contributed by atoms with E-state index in [0.29, 0.717) is 18.2 Å². The smallest absolute Gasteiger partial charge is 0.321 e. The fourth-order valence-corrected chi connectivity index (χ4v) is 2.47. The molecule has 2 aromatic rings. The summed E-state index contributed by atoms with van der Waals surface area (Å²) in [6.07, 6.45) is 3.16. The maximum atomic E-state index is 11.9. The summed E-state index contributed by atoms with van der Waals surface area (Å²) in [6.45, 7) is 4.41. The van der Waals surface area contributed by atoms with E-state index in [-0.39, 0.29) is 5.91 Å². The Labute approximate surface area is 131 Å². The molecule has 0 aromatic carbocycles. The molecule has 0 spiro atoms. The van der Waals surface area contributed by atoms with E-state index in [1.54, 1.807) is 37.1 Å². The van der Waals surface area contributed by atoms with Crippen LogP contribution in [0.15, 0.2) is 34.3 Å². The molecule has 3 amide bonds. The van der Waals surface area contributed by atoms with Gasteiger partial charge in [0.2, 0.25) is 5.91 Å². The average Bonchev–Trinajstić information content (AvgIpc) is 3.12. The standard InChI is InChI=1S/C13H17N5O3S/c1-3-14-12(20)16-11(19)9(2)22-13-17-15-8-18(13)7-10-5-4-6-21-10/h4-6,8-9H,3,7H2,1-2H3,(H2,14,16,19,20). The van der Waals surface area contributed by atoms with Crippen LogP contribution < -0.4 is 10.6 Å². The number of hydrogen-bond donors (Lipinski definition) is 2. The number of urea groups is 1. The molecule has 2 N–H and O–H groups in total. The lowest BCUT2D eigenvalue weighted by molar-refractivity contribution is -0.119. The minimum absolute atomic E-state index is 0.386. The van der Waals surface area contributed by atoms with Gasteiger partial charge in [0, 0.05) is 6.54 Å². The van der Waals surface area contributed by atoms with Gasteiger partial charge in [-0.3, -0.25) is 10.1 Å². The number of thioether (sulfide) groups is 1. The van der Waals surface area contributed by atoms with E-state index in [1.807, 2.05) is 6.07 Å². The lowest BCUT2D eigenvalue weighted by Gasteiger charge is -2.11. The van der Waals surface area contributed by atoms with Crippen LogP contribution in [0.2, 0.25) is 0 Å². The topological polar surface area (TPSA) is 102 Å². The second-order valence-corrected chi connectivity index (χ2v) is 5.74. The number of amides is 3. The summed E-state index contributed by atoms with van der Waals surface area (Å²) in [5.41, 5.74) is 0. The van der Waals surface area contributed by atoms with E-state index < -0.39 is 11.3 Å². The van der Waals surface area contributed by atoms with Crippen molar-refractivity contribution in [3.8, 4) is 0 Å². The number of imide groups is 1. The fourth-order valence-electron chi connectivity index (χ4n) is 1.64. The zero-order valence-corrected chi connectivity index (χ0v) is 13.1. The van der Waals surface area contributed by atoms with E-state index in [9.17, 15) is 9.59 Å². The molecule has 2 aromatic heterocycles. The Balaban J connectivity index is 1.94. The lowest BCUT2D eigenvalue weighted by atomic mass is 10.4. The molecule has 0 saturated carbocycles. The summed E-state index contributed by atoms with van der Waals surface area (Å²) in [5, 5.41) is 12.7. The fraction of sp³-hybridized carbons (Fsp3) is 0.385. The van der Waals surface area contributed by atoms with Gasteiger partial charge >= 0.3 is 6.03 Å². The number of carbonyl (C=O) groups is 2. The molecule has 0 bridgehead atoms. The highest BCUT2D eigenvalue weighted by molar-refractivity contribution is 8.00. The molecule has 8 nitrogen and oxygen atoms in total. The van der Waals surface area contributed by atoms with Gasteiger partial charge in [-0.1, -0.05) is 11.8 Å². The molecule has 0 fully saturated rings. The molecule has 0 aliphatic rings. The quantitative estimate of drug-likeness (QED) is 0.776. The highest BCUT2D eigenvalue weighted by Gasteiger charge is 2.19. The van der Waals surface area contributed by atoms with Crippen molar-refractivity contribution in [3.63, 3.8) is 0 Å². The van der Waals surface area contributed by atoms with E-state index in [0.717, 1.165) is 5.76 Å². The van der Waals surface area contributed by atoms with Gasteiger partial charge in [0.05, 0.1) is 18.1 Å². The van der Waals surface area contributed by atoms with Crippen LogP contribution in [0.4, 0.5) is 4.79 Å². The molecule has 0 aliphatic heterocycles. The van der Waals surface area contributed by atoms with Crippen LogP contribution in [0.3, 0.4) is 0 Å². The van der Waals surface area contributed by atoms with Crippen molar-refractivity contribution in [2.24, 2.45) is 0 Å². The first-order valence-electron chi connectivity index (χ1n) is 6.75. The van der Waals surface area contributed by atoms with Gasteiger partial charge in [-0.15, -0.1) is 10.2 Å². The summed E-state index contributed by atoms with van der Waals surface area (Å²) < 4.78 is 7.05. The number of nitrogens with zero attached hydrogens (tertiary/aromatic N) is 3. The van der Waals surface area contributed by atoms with Gasteiger partial charge < -0.3 is 14.3 Å². The van der Waals surface area contributed by atoms with Crippen molar-refractivity contribution in [1.82, 2.24) is 25.4 Å². The Morgan fingerprint density at radius 2 is 2.32 bits per heavy atom. The van der Waals surface area contributed by atoms with Gasteiger partial charge in [0.1, 0.15) is 12.1 Å². The second-order valence-electron chi connectivity index (χ2n) is 4.43. The zero-order chi connectivity index (χ0) is 15.9. The van der Waals surface area contributed by atoms with Gasteiger partial charge in [0.15, 0.2) is 5.16 Å². The van der Waals surface area contributed by atoms with E-state index >= 15 is 0 Å². The minimum atomic E-state index is -0.503. The summed E-state index contributed by atoms with van der Waals surface area (Å²) >= 11 is 1.22. The first kappa shape index (κ1) is 16.1. The maximum Gasteiger partial charge on any atom is 0.321 e. The molecule has 9 heteroatoms. The van der Waals surface area contributed by atoms with Crippen LogP contribution in [-0.4, -0.2) is 38.5 Å². The third-order valence-corrected chi connectivity index (χ3v) is 3.81. The highest BCUT2D eigenvalue weighted by Crippen LogP contribution is 2.21. The van der Waals surface area contributed by atoms with Gasteiger partial charge in [-0.05, 0) is 26.0 Å². The Morgan fingerprint density at radius 3 is 3.00 bits per heavy atom. The predicted octanol–water partition coefficient (Wildman–Crippen LogP) is 1.25. The Hall–Kier alpha value is -2.29. The number of rotatable bonds is 6. The third kappa shape index (κ3) is 4.35. The van der Waals surface area contributed by atoms with E-state index in [2.05, 4.69) is 20.8 Å². The number of aromatic nitrogens is 3. The molecule has 1 unspecified atom stereocenters. The van der Waals surface area contributed by atoms with Crippen LogP contribution in [-0.2, 0) is 11.3 Å². The van der Waals surface area contributed by atoms with Crippen molar-refractivity contribution in [1.29, 1.82) is 0 Å². The molecule has 2 rings (SSSR count). The van der Waals surface area contributed by atoms with Crippen LogP contribution in [0.25, 0.3) is 0 Å². The van der Waals surface area contributed by atoms with Gasteiger partial charge in [-0.2, -0.15) is 0 Å². The molecule has 0 radical (unpaired) electrons. The summed E-state index contributed by atoms with van der Waals surface area (Å²) in [5.74, 6) is 0.379. The monoisotopic (exact) mass is 323 g/mol. The second kappa shape index (κ2) is 7.64. The zero-order valence-electron chi connectivity index (χ0n) is 12.3. The summed E-state index contributed by atoms with van der Waals surface area (Å²) in [6, 6.07) is 3.14. The molecule has 1 atom stereocenters. The molecular weight excluding hydrogens is 306 g/mol. The molecule has 0 saturated heterocycles. The van der Waals surface area contributed by atoms with Gasteiger partial charge in [-0.25, -0.2) is 4.79 Å². The van der Waals surface area contributed by atoms with Crippen LogP contribution in [0.5, 0.6) is 0 Å². The molecule has 22 heavy (non-hydrogen) atoms. The van der Waals surface area contributed by atoms with Crippen molar-refractivity contribution in [2.75, 3.05) is 6.54 Å². The maximum absolute atomic E-state index is 11.9. The van der Waals surface area contributed by atoms with Crippen LogP contribution in [0.1, 0.15) is 19.6 Å². The van der Waals surface area contributed by atoms with E-state index in [1.165, 1.54) is 11.8 Å². The third-order valence-electron chi connectivity index (χ3n) is 2.71. The van der Waals surface area contributed by atoms with E-state index in [4.69, 9.17) is 4.42 Å². The molecule has 118 valence electrons. The normalized spacial score (nSPS) is 11.9. The Bertz CT molecular complexity index is 625. The Morgan fingerprint density at radius 1 is 1.50 bits per heavy atom. The predicted molar refractivity (Wildman–Crippen MR) is 80.4 cm³/mol. The first-order chi connectivity index (χ1) is 10.6. The average molecular weight is 323 g/mol. The van der Waals surface area contributed by atoms with Crippen LogP contribution >= 0.6 is 11.8 Å². The minimum Gasteiger partial charge on any atom is -0.467 e. The molecule has 2 heterocycles. The lowest BCUT2D eigenvalue weighted by Crippen LogP contribution is -2.42. The van der Waals surface area contributed by atoms with Gasteiger partial charge in [0.25, 0.3) is 0 Å². The van der Waals surface area contributed by atoms with Crippen molar-refractivity contribution < 1.29 is 14.0 Å². The SMILES string of the molecule is CCNC(=O)NC(=O)C(C)Sc1nncn1Cc1ccco1. The number of carbonyl (C=O) groups excluding carboxylic acids is 2. The summed E-state index contributed by atoms with van der Waals surface area (Å²) in [7, 11) is 0. The number of nitrogens with one attached hydrogen (secondary N) is 2.